The number of thiazole rings is 1. The fourth-order valence-corrected chi connectivity index (χ4v) is 5.06. The van der Waals surface area contributed by atoms with E-state index in [2.05, 4.69) is 26.9 Å². The van der Waals surface area contributed by atoms with Crippen LogP contribution in [0.4, 0.5) is 0 Å². The number of carbonyl (C=O) groups excluding carboxylic acids is 1. The number of aryl methyl sites for hydroxylation is 1. The number of hydrogen-bond donors (Lipinski definition) is 0. The number of nitrogens with zero attached hydrogens (tertiary/aromatic N) is 5. The molecule has 1 aliphatic heterocycles. The molecule has 33 heavy (non-hydrogen) atoms. The van der Waals surface area contributed by atoms with Crippen LogP contribution in [0.3, 0.4) is 0 Å². The van der Waals surface area contributed by atoms with E-state index in [-0.39, 0.29) is 11.9 Å². The number of benzene rings is 2. The van der Waals surface area contributed by atoms with Crippen LogP contribution in [0.15, 0.2) is 65.2 Å². The topological polar surface area (TPSA) is 75.4 Å². The molecule has 5 rings (SSSR count). The van der Waals surface area contributed by atoms with E-state index in [1.54, 1.807) is 0 Å². The molecule has 0 bridgehead atoms. The van der Waals surface area contributed by atoms with Gasteiger partial charge in [0.15, 0.2) is 0 Å². The van der Waals surface area contributed by atoms with Gasteiger partial charge in [-0.05, 0) is 13.8 Å². The minimum atomic E-state index is -0.0120. The number of piperazine rings is 1. The Morgan fingerprint density at radius 3 is 2.24 bits per heavy atom. The summed E-state index contributed by atoms with van der Waals surface area (Å²) in [6.45, 7) is 6.79. The summed E-state index contributed by atoms with van der Waals surface area (Å²) in [7, 11) is 0. The first-order valence-corrected chi connectivity index (χ1v) is 11.9. The molecule has 0 spiro atoms. The van der Waals surface area contributed by atoms with E-state index in [0.29, 0.717) is 24.8 Å². The van der Waals surface area contributed by atoms with E-state index < -0.39 is 0 Å². The second kappa shape index (κ2) is 9.25. The van der Waals surface area contributed by atoms with Crippen LogP contribution in [-0.2, 0) is 0 Å². The average molecular weight is 460 g/mol. The molecule has 7 nitrogen and oxygen atoms in total. The summed E-state index contributed by atoms with van der Waals surface area (Å²) in [5, 5.41) is 5.02. The van der Waals surface area contributed by atoms with Gasteiger partial charge in [-0.2, -0.15) is 4.98 Å². The zero-order valence-corrected chi connectivity index (χ0v) is 19.5. The first-order valence-electron chi connectivity index (χ1n) is 11.1. The Labute approximate surface area is 196 Å². The minimum absolute atomic E-state index is 0.0120. The number of hydrogen-bond acceptors (Lipinski definition) is 7. The van der Waals surface area contributed by atoms with Crippen LogP contribution in [0.5, 0.6) is 0 Å². The van der Waals surface area contributed by atoms with Gasteiger partial charge < -0.3 is 9.42 Å². The molecule has 2 aromatic carbocycles. The molecule has 1 atom stereocenters. The van der Waals surface area contributed by atoms with Gasteiger partial charge in [0, 0.05) is 37.3 Å². The lowest BCUT2D eigenvalue weighted by Gasteiger charge is -2.36. The Kier molecular flexibility index (Phi) is 6.02. The molecule has 0 radical (unpaired) electrons. The third-order valence-electron chi connectivity index (χ3n) is 5.99. The maximum Gasteiger partial charge on any atom is 0.265 e. The summed E-state index contributed by atoms with van der Waals surface area (Å²) in [5.41, 5.74) is 2.77. The van der Waals surface area contributed by atoms with E-state index in [4.69, 9.17) is 4.52 Å². The van der Waals surface area contributed by atoms with Crippen molar-refractivity contribution in [2.75, 3.05) is 26.2 Å². The molecule has 1 unspecified atom stereocenters. The quantitative estimate of drug-likeness (QED) is 0.431. The van der Waals surface area contributed by atoms with Crippen molar-refractivity contribution >= 4 is 17.2 Å². The highest BCUT2D eigenvalue weighted by Crippen LogP contribution is 2.29. The van der Waals surface area contributed by atoms with Crippen molar-refractivity contribution in [2.45, 2.75) is 19.9 Å². The van der Waals surface area contributed by atoms with Gasteiger partial charge >= 0.3 is 0 Å². The number of amides is 1. The highest BCUT2D eigenvalue weighted by Gasteiger charge is 2.29. The number of carbonyl (C=O) groups is 1. The second-order valence-electron chi connectivity index (χ2n) is 8.13. The smallest absolute Gasteiger partial charge is 0.265 e. The summed E-state index contributed by atoms with van der Waals surface area (Å²) in [4.78, 5) is 27.4. The molecule has 0 N–H and O–H groups in total. The van der Waals surface area contributed by atoms with E-state index in [1.807, 2.05) is 72.5 Å². The zero-order valence-electron chi connectivity index (χ0n) is 18.6. The van der Waals surface area contributed by atoms with Crippen LogP contribution in [0.1, 0.15) is 34.2 Å². The van der Waals surface area contributed by atoms with E-state index in [9.17, 15) is 4.79 Å². The molecule has 0 aliphatic carbocycles. The first-order chi connectivity index (χ1) is 16.1. The second-order valence-corrected chi connectivity index (χ2v) is 9.13. The predicted molar refractivity (Wildman–Crippen MR) is 128 cm³/mol. The molecule has 4 aromatic rings. The minimum Gasteiger partial charge on any atom is -0.337 e. The van der Waals surface area contributed by atoms with Crippen LogP contribution in [0, 0.1) is 6.92 Å². The van der Waals surface area contributed by atoms with Gasteiger partial charge in [0.2, 0.25) is 11.7 Å². The predicted octanol–water partition coefficient (Wildman–Crippen LogP) is 4.69. The Bertz CT molecular complexity index is 1230. The monoisotopic (exact) mass is 459 g/mol. The summed E-state index contributed by atoms with van der Waals surface area (Å²) in [6, 6.07) is 19.8. The van der Waals surface area contributed by atoms with Gasteiger partial charge in [-0.25, -0.2) is 4.98 Å². The van der Waals surface area contributed by atoms with Gasteiger partial charge in [-0.1, -0.05) is 65.8 Å². The van der Waals surface area contributed by atoms with Crippen LogP contribution in [0.2, 0.25) is 0 Å². The van der Waals surface area contributed by atoms with Crippen molar-refractivity contribution in [1.82, 2.24) is 24.9 Å². The Balaban J connectivity index is 1.23. The van der Waals surface area contributed by atoms with Crippen molar-refractivity contribution in [3.8, 4) is 22.0 Å². The van der Waals surface area contributed by atoms with Gasteiger partial charge in [-0.15, -0.1) is 11.3 Å². The van der Waals surface area contributed by atoms with Gasteiger partial charge in [0.25, 0.3) is 5.91 Å². The Morgan fingerprint density at radius 1 is 0.939 bits per heavy atom. The van der Waals surface area contributed by atoms with E-state index in [0.717, 1.165) is 39.8 Å². The van der Waals surface area contributed by atoms with Crippen molar-refractivity contribution in [1.29, 1.82) is 0 Å². The van der Waals surface area contributed by atoms with Crippen molar-refractivity contribution in [3.63, 3.8) is 0 Å². The van der Waals surface area contributed by atoms with Crippen molar-refractivity contribution in [3.05, 3.63) is 77.1 Å². The molecule has 8 heteroatoms. The molecular formula is C25H25N5O2S. The summed E-state index contributed by atoms with van der Waals surface area (Å²) in [5.74, 6) is 1.25. The zero-order chi connectivity index (χ0) is 22.8. The number of rotatable bonds is 5. The molecule has 1 saturated heterocycles. The van der Waals surface area contributed by atoms with Gasteiger partial charge in [-0.3, -0.25) is 9.69 Å². The molecule has 168 valence electrons. The average Bonchev–Trinajstić information content (AvgIpc) is 3.52. The molecule has 1 fully saturated rings. The fraction of sp³-hybridized carbons (Fsp3) is 0.280. The highest BCUT2D eigenvalue weighted by molar-refractivity contribution is 7.17. The molecule has 1 amide bonds. The lowest BCUT2D eigenvalue weighted by Crippen LogP contribution is -2.49. The van der Waals surface area contributed by atoms with E-state index >= 15 is 0 Å². The van der Waals surface area contributed by atoms with Crippen LogP contribution in [0.25, 0.3) is 22.0 Å². The Morgan fingerprint density at radius 2 is 1.58 bits per heavy atom. The highest BCUT2D eigenvalue weighted by atomic mass is 32.1. The summed E-state index contributed by atoms with van der Waals surface area (Å²) >= 11 is 1.47. The van der Waals surface area contributed by atoms with Gasteiger partial charge in [0.05, 0.1) is 11.7 Å². The molecule has 1 aliphatic rings. The maximum atomic E-state index is 13.2. The third-order valence-corrected chi connectivity index (χ3v) is 7.19. The van der Waals surface area contributed by atoms with Crippen LogP contribution >= 0.6 is 11.3 Å². The SMILES string of the molecule is Cc1nc(-c2ccccc2)sc1C(=O)N1CCN(C(C)c2nc(-c3ccccc3)no2)CC1. The largest absolute Gasteiger partial charge is 0.337 e. The summed E-state index contributed by atoms with van der Waals surface area (Å²) in [6.07, 6.45) is 0. The van der Waals surface area contributed by atoms with Crippen molar-refractivity contribution in [2.24, 2.45) is 0 Å². The normalized spacial score (nSPS) is 15.5. The lowest BCUT2D eigenvalue weighted by atomic mass is 10.2. The van der Waals surface area contributed by atoms with Crippen molar-refractivity contribution < 1.29 is 9.32 Å². The molecule has 3 heterocycles. The Hall–Kier alpha value is -3.36. The lowest BCUT2D eigenvalue weighted by molar-refractivity contribution is 0.0555. The first kappa shape index (κ1) is 21.5. The fourth-order valence-electron chi connectivity index (χ4n) is 4.02. The molecule has 0 saturated carbocycles. The number of aromatic nitrogens is 3. The van der Waals surface area contributed by atoms with Crippen LogP contribution < -0.4 is 0 Å². The van der Waals surface area contributed by atoms with Crippen LogP contribution in [-0.4, -0.2) is 57.0 Å². The van der Waals surface area contributed by atoms with Gasteiger partial charge in [0.1, 0.15) is 9.88 Å². The van der Waals surface area contributed by atoms with E-state index in [1.165, 1.54) is 11.3 Å². The summed E-state index contributed by atoms with van der Waals surface area (Å²) < 4.78 is 5.55. The standard InChI is InChI=1S/C25H25N5O2S/c1-17-21(33-24(26-17)20-11-7-4-8-12-20)25(31)30-15-13-29(14-16-30)18(2)23-27-22(28-32-23)19-9-5-3-6-10-19/h3-12,18H,13-16H2,1-2H3. The third kappa shape index (κ3) is 4.44. The maximum absolute atomic E-state index is 13.2. The molecule has 2 aromatic heterocycles. The molecular weight excluding hydrogens is 434 g/mol.